The first-order valence-corrected chi connectivity index (χ1v) is 6.10. The van der Waals surface area contributed by atoms with Crippen molar-refractivity contribution in [1.82, 2.24) is 9.97 Å². The van der Waals surface area contributed by atoms with Crippen LogP contribution >= 0.6 is 0 Å². The molecule has 17 heavy (non-hydrogen) atoms. The van der Waals surface area contributed by atoms with Crippen LogP contribution < -0.4 is 9.47 Å². The van der Waals surface area contributed by atoms with Crippen molar-refractivity contribution in [3.8, 4) is 11.8 Å². The highest BCUT2D eigenvalue weighted by molar-refractivity contribution is 5.22. The van der Waals surface area contributed by atoms with E-state index in [1.807, 2.05) is 41.5 Å². The quantitative estimate of drug-likeness (QED) is 0.790. The Balaban J connectivity index is 3.00. The molecule has 0 aliphatic rings. The molecule has 0 saturated carbocycles. The standard InChI is InChI=1S/C13H22N2O2/c1-8(2)13-14-11(16-9(3)4)7-12(15-13)17-10(5)6/h7-10H,1-6H3. The fourth-order valence-corrected chi connectivity index (χ4v) is 1.28. The average molecular weight is 238 g/mol. The molecule has 1 aromatic heterocycles. The molecule has 0 bridgehead atoms. The second-order valence-electron chi connectivity index (χ2n) is 4.89. The topological polar surface area (TPSA) is 44.2 Å². The van der Waals surface area contributed by atoms with Crippen LogP contribution in [0.4, 0.5) is 0 Å². The summed E-state index contributed by atoms with van der Waals surface area (Å²) in [5, 5.41) is 0. The lowest BCUT2D eigenvalue weighted by molar-refractivity contribution is 0.214. The summed E-state index contributed by atoms with van der Waals surface area (Å²) in [5.41, 5.74) is 0. The molecule has 0 saturated heterocycles. The van der Waals surface area contributed by atoms with Crippen LogP contribution in [-0.4, -0.2) is 22.2 Å². The van der Waals surface area contributed by atoms with Crippen LogP contribution in [0.15, 0.2) is 6.07 Å². The molecule has 0 unspecified atom stereocenters. The Kier molecular flexibility index (Phi) is 4.73. The lowest BCUT2D eigenvalue weighted by atomic mass is 10.2. The van der Waals surface area contributed by atoms with E-state index in [0.717, 1.165) is 5.82 Å². The third-order valence-electron chi connectivity index (χ3n) is 1.93. The molecule has 4 heteroatoms. The Morgan fingerprint density at radius 2 is 1.24 bits per heavy atom. The summed E-state index contributed by atoms with van der Waals surface area (Å²) < 4.78 is 11.2. The smallest absolute Gasteiger partial charge is 0.220 e. The van der Waals surface area contributed by atoms with E-state index in [0.29, 0.717) is 11.8 Å². The molecule has 0 N–H and O–H groups in total. The van der Waals surface area contributed by atoms with Gasteiger partial charge in [-0.05, 0) is 27.7 Å². The van der Waals surface area contributed by atoms with E-state index >= 15 is 0 Å². The lowest BCUT2D eigenvalue weighted by Gasteiger charge is -2.14. The molecule has 0 atom stereocenters. The highest BCUT2D eigenvalue weighted by atomic mass is 16.5. The van der Waals surface area contributed by atoms with Gasteiger partial charge in [0.15, 0.2) is 0 Å². The van der Waals surface area contributed by atoms with Gasteiger partial charge in [-0.15, -0.1) is 0 Å². The van der Waals surface area contributed by atoms with Gasteiger partial charge in [-0.25, -0.2) is 0 Å². The van der Waals surface area contributed by atoms with E-state index in [1.54, 1.807) is 6.07 Å². The van der Waals surface area contributed by atoms with Crippen molar-refractivity contribution < 1.29 is 9.47 Å². The summed E-state index contributed by atoms with van der Waals surface area (Å²) in [7, 11) is 0. The zero-order chi connectivity index (χ0) is 13.0. The molecular weight excluding hydrogens is 216 g/mol. The third-order valence-corrected chi connectivity index (χ3v) is 1.93. The van der Waals surface area contributed by atoms with Gasteiger partial charge in [0, 0.05) is 5.92 Å². The van der Waals surface area contributed by atoms with Crippen molar-refractivity contribution in [2.45, 2.75) is 59.7 Å². The summed E-state index contributed by atoms with van der Waals surface area (Å²) in [5.74, 6) is 2.16. The molecule has 1 aromatic rings. The zero-order valence-electron chi connectivity index (χ0n) is 11.5. The van der Waals surface area contributed by atoms with Crippen LogP contribution in [0.25, 0.3) is 0 Å². The molecule has 0 radical (unpaired) electrons. The number of hydrogen-bond acceptors (Lipinski definition) is 4. The molecule has 4 nitrogen and oxygen atoms in total. The van der Waals surface area contributed by atoms with Crippen LogP contribution in [0.3, 0.4) is 0 Å². The molecule has 0 spiro atoms. The third kappa shape index (κ3) is 4.59. The SMILES string of the molecule is CC(C)Oc1cc(OC(C)C)nc(C(C)C)n1. The number of nitrogens with zero attached hydrogens (tertiary/aromatic N) is 2. The Labute approximate surface area is 103 Å². The van der Waals surface area contributed by atoms with E-state index < -0.39 is 0 Å². The number of ether oxygens (including phenoxy) is 2. The molecule has 0 aromatic carbocycles. The van der Waals surface area contributed by atoms with Crippen molar-refractivity contribution in [2.24, 2.45) is 0 Å². The first-order valence-electron chi connectivity index (χ1n) is 6.10. The van der Waals surface area contributed by atoms with Crippen molar-refractivity contribution >= 4 is 0 Å². The molecule has 96 valence electrons. The monoisotopic (exact) mass is 238 g/mol. The fraction of sp³-hybridized carbons (Fsp3) is 0.692. The van der Waals surface area contributed by atoms with Gasteiger partial charge in [0.05, 0.1) is 18.3 Å². The minimum atomic E-state index is 0.0943. The van der Waals surface area contributed by atoms with Gasteiger partial charge in [0.2, 0.25) is 11.8 Å². The molecular formula is C13H22N2O2. The summed E-state index contributed by atoms with van der Waals surface area (Å²) in [6, 6.07) is 1.74. The fourth-order valence-electron chi connectivity index (χ4n) is 1.28. The van der Waals surface area contributed by atoms with Gasteiger partial charge in [0.25, 0.3) is 0 Å². The second-order valence-corrected chi connectivity index (χ2v) is 4.89. The Morgan fingerprint density at radius 3 is 1.53 bits per heavy atom. The highest BCUT2D eigenvalue weighted by Crippen LogP contribution is 2.21. The Morgan fingerprint density at radius 1 is 0.824 bits per heavy atom. The maximum absolute atomic E-state index is 5.60. The minimum absolute atomic E-state index is 0.0943. The van der Waals surface area contributed by atoms with Crippen LogP contribution in [0.5, 0.6) is 11.8 Å². The molecule has 0 fully saturated rings. The van der Waals surface area contributed by atoms with Crippen LogP contribution in [0.1, 0.15) is 53.3 Å². The lowest BCUT2D eigenvalue weighted by Crippen LogP contribution is -2.12. The van der Waals surface area contributed by atoms with Crippen molar-refractivity contribution in [3.05, 3.63) is 11.9 Å². The summed E-state index contributed by atoms with van der Waals surface area (Å²) in [4.78, 5) is 8.73. The second kappa shape index (κ2) is 5.84. The predicted octanol–water partition coefficient (Wildman–Crippen LogP) is 3.17. The van der Waals surface area contributed by atoms with E-state index in [-0.39, 0.29) is 18.1 Å². The van der Waals surface area contributed by atoms with E-state index in [4.69, 9.17) is 9.47 Å². The van der Waals surface area contributed by atoms with Crippen LogP contribution in [0.2, 0.25) is 0 Å². The summed E-state index contributed by atoms with van der Waals surface area (Å²) in [6.07, 6.45) is 0.189. The normalized spacial score (nSPS) is 11.4. The maximum Gasteiger partial charge on any atom is 0.220 e. The van der Waals surface area contributed by atoms with Crippen molar-refractivity contribution in [1.29, 1.82) is 0 Å². The first-order chi connectivity index (χ1) is 7.88. The predicted molar refractivity (Wildman–Crippen MR) is 67.6 cm³/mol. The summed E-state index contributed by atoms with van der Waals surface area (Å²) in [6.45, 7) is 12.0. The molecule has 1 rings (SSSR count). The average Bonchev–Trinajstić information content (AvgIpc) is 2.14. The molecule has 0 aliphatic carbocycles. The van der Waals surface area contributed by atoms with Gasteiger partial charge in [-0.3, -0.25) is 0 Å². The molecule has 0 aliphatic heterocycles. The van der Waals surface area contributed by atoms with Gasteiger partial charge < -0.3 is 9.47 Å². The van der Waals surface area contributed by atoms with Gasteiger partial charge in [-0.2, -0.15) is 9.97 Å². The molecule has 0 amide bonds. The number of hydrogen-bond donors (Lipinski definition) is 0. The van der Waals surface area contributed by atoms with Gasteiger partial charge in [0.1, 0.15) is 5.82 Å². The largest absolute Gasteiger partial charge is 0.475 e. The Bertz CT molecular complexity index is 334. The minimum Gasteiger partial charge on any atom is -0.475 e. The molecule has 1 heterocycles. The number of rotatable bonds is 5. The summed E-state index contributed by atoms with van der Waals surface area (Å²) >= 11 is 0. The van der Waals surface area contributed by atoms with Crippen LogP contribution in [0, 0.1) is 0 Å². The number of aromatic nitrogens is 2. The van der Waals surface area contributed by atoms with Gasteiger partial charge >= 0.3 is 0 Å². The van der Waals surface area contributed by atoms with E-state index in [9.17, 15) is 0 Å². The maximum atomic E-state index is 5.60. The van der Waals surface area contributed by atoms with Crippen molar-refractivity contribution in [2.75, 3.05) is 0 Å². The first kappa shape index (κ1) is 13.7. The van der Waals surface area contributed by atoms with Crippen molar-refractivity contribution in [3.63, 3.8) is 0 Å². The zero-order valence-corrected chi connectivity index (χ0v) is 11.5. The van der Waals surface area contributed by atoms with E-state index in [1.165, 1.54) is 0 Å². The highest BCUT2D eigenvalue weighted by Gasteiger charge is 2.11. The van der Waals surface area contributed by atoms with E-state index in [2.05, 4.69) is 9.97 Å². The Hall–Kier alpha value is -1.32. The van der Waals surface area contributed by atoms with Crippen LogP contribution in [-0.2, 0) is 0 Å². The van der Waals surface area contributed by atoms with Gasteiger partial charge in [-0.1, -0.05) is 13.8 Å².